The minimum Gasteiger partial charge on any atom is -0.474 e. The van der Waals surface area contributed by atoms with Gasteiger partial charge in [-0.1, -0.05) is 27.2 Å². The first kappa shape index (κ1) is 16.1. The highest BCUT2D eigenvalue weighted by atomic mass is 16.5. The van der Waals surface area contributed by atoms with Gasteiger partial charge in [0.05, 0.1) is 0 Å². The van der Waals surface area contributed by atoms with E-state index in [1.165, 1.54) is 12.8 Å². The summed E-state index contributed by atoms with van der Waals surface area (Å²) in [5.74, 6) is 3.41. The van der Waals surface area contributed by atoms with Crippen LogP contribution < -0.4 is 10.1 Å². The predicted molar refractivity (Wildman–Crippen MR) is 86.7 cm³/mol. The second kappa shape index (κ2) is 7.10. The first-order chi connectivity index (χ1) is 10.0. The Labute approximate surface area is 128 Å². The Balaban J connectivity index is 2.15. The van der Waals surface area contributed by atoms with E-state index in [2.05, 4.69) is 36.1 Å². The monoisotopic (exact) mass is 291 g/mol. The van der Waals surface area contributed by atoms with Crippen LogP contribution in [0.1, 0.15) is 52.5 Å². The fraction of sp³-hybridized carbons (Fsp3) is 0.765. The van der Waals surface area contributed by atoms with Crippen molar-refractivity contribution in [2.75, 3.05) is 11.9 Å². The van der Waals surface area contributed by atoms with Gasteiger partial charge in [0.2, 0.25) is 11.8 Å². The average molecular weight is 291 g/mol. The lowest BCUT2D eigenvalue weighted by atomic mass is 9.75. The Morgan fingerprint density at radius 1 is 1.38 bits per heavy atom. The van der Waals surface area contributed by atoms with Gasteiger partial charge in [0.15, 0.2) is 0 Å². The summed E-state index contributed by atoms with van der Waals surface area (Å²) in [6, 6.07) is 0. The van der Waals surface area contributed by atoms with E-state index in [0.29, 0.717) is 17.8 Å². The van der Waals surface area contributed by atoms with E-state index < -0.39 is 0 Å². The third kappa shape index (κ3) is 4.08. The van der Waals surface area contributed by atoms with Crippen molar-refractivity contribution in [2.24, 2.45) is 17.8 Å². The molecule has 1 aliphatic carbocycles. The van der Waals surface area contributed by atoms with Gasteiger partial charge in [0.25, 0.3) is 0 Å². The maximum atomic E-state index is 6.33. The molecule has 3 unspecified atom stereocenters. The van der Waals surface area contributed by atoms with Gasteiger partial charge in [0.1, 0.15) is 6.10 Å². The van der Waals surface area contributed by atoms with Crippen LogP contribution in [0.25, 0.3) is 0 Å². The van der Waals surface area contributed by atoms with Gasteiger partial charge in [-0.15, -0.1) is 0 Å². The van der Waals surface area contributed by atoms with Gasteiger partial charge in [0, 0.05) is 18.3 Å². The molecule has 0 amide bonds. The van der Waals surface area contributed by atoms with Gasteiger partial charge in [-0.25, -0.2) is 4.98 Å². The molecule has 1 heterocycles. The molecule has 1 saturated carbocycles. The minimum atomic E-state index is 0.275. The second-order valence-corrected chi connectivity index (χ2v) is 6.69. The molecule has 1 aromatic heterocycles. The SMILES string of the molecule is CCNc1ncc(C)c(OC2CC(C)CCC2C(C)C)n1. The Morgan fingerprint density at radius 2 is 2.14 bits per heavy atom. The van der Waals surface area contributed by atoms with Crippen molar-refractivity contribution in [1.82, 2.24) is 9.97 Å². The molecule has 0 saturated heterocycles. The van der Waals surface area contributed by atoms with Crippen LogP contribution >= 0.6 is 0 Å². The van der Waals surface area contributed by atoms with Crippen LogP contribution in [-0.4, -0.2) is 22.6 Å². The molecule has 4 nitrogen and oxygen atoms in total. The summed E-state index contributed by atoms with van der Waals surface area (Å²) in [5.41, 5.74) is 1.01. The highest BCUT2D eigenvalue weighted by molar-refractivity contribution is 5.32. The molecule has 1 aliphatic rings. The molecule has 0 aliphatic heterocycles. The Kier molecular flexibility index (Phi) is 5.43. The average Bonchev–Trinajstić information content (AvgIpc) is 2.42. The van der Waals surface area contributed by atoms with Crippen molar-refractivity contribution in [2.45, 2.75) is 60.0 Å². The quantitative estimate of drug-likeness (QED) is 0.889. The summed E-state index contributed by atoms with van der Waals surface area (Å²) in [5, 5.41) is 3.15. The number of rotatable bonds is 5. The molecule has 0 bridgehead atoms. The highest BCUT2D eigenvalue weighted by Crippen LogP contribution is 2.36. The fourth-order valence-corrected chi connectivity index (χ4v) is 3.18. The van der Waals surface area contributed by atoms with E-state index in [4.69, 9.17) is 4.74 Å². The zero-order valence-electron chi connectivity index (χ0n) is 14.0. The summed E-state index contributed by atoms with van der Waals surface area (Å²) < 4.78 is 6.33. The maximum Gasteiger partial charge on any atom is 0.225 e. The topological polar surface area (TPSA) is 47.0 Å². The van der Waals surface area contributed by atoms with E-state index in [-0.39, 0.29) is 6.10 Å². The van der Waals surface area contributed by atoms with Gasteiger partial charge in [-0.05, 0) is 44.4 Å². The molecular weight excluding hydrogens is 262 g/mol. The second-order valence-electron chi connectivity index (χ2n) is 6.69. The normalized spacial score (nSPS) is 25.9. The van der Waals surface area contributed by atoms with Crippen molar-refractivity contribution in [3.8, 4) is 5.88 Å². The van der Waals surface area contributed by atoms with Crippen LogP contribution in [0, 0.1) is 24.7 Å². The third-order valence-electron chi connectivity index (χ3n) is 4.48. The van der Waals surface area contributed by atoms with Gasteiger partial charge < -0.3 is 10.1 Å². The maximum absolute atomic E-state index is 6.33. The summed E-state index contributed by atoms with van der Waals surface area (Å²) in [4.78, 5) is 8.82. The van der Waals surface area contributed by atoms with E-state index in [0.717, 1.165) is 30.3 Å². The number of hydrogen-bond donors (Lipinski definition) is 1. The van der Waals surface area contributed by atoms with Crippen molar-refractivity contribution in [3.05, 3.63) is 11.8 Å². The molecule has 0 aromatic carbocycles. The molecule has 3 atom stereocenters. The zero-order chi connectivity index (χ0) is 15.4. The third-order valence-corrected chi connectivity index (χ3v) is 4.48. The summed E-state index contributed by atoms with van der Waals surface area (Å²) in [6.07, 6.45) is 5.82. The van der Waals surface area contributed by atoms with Crippen molar-refractivity contribution in [3.63, 3.8) is 0 Å². The molecule has 1 fully saturated rings. The lowest BCUT2D eigenvalue weighted by molar-refractivity contribution is 0.0421. The molecule has 2 rings (SSSR count). The number of aryl methyl sites for hydroxylation is 1. The number of nitrogens with one attached hydrogen (secondary N) is 1. The number of ether oxygens (including phenoxy) is 1. The largest absolute Gasteiger partial charge is 0.474 e. The molecule has 4 heteroatoms. The molecule has 0 spiro atoms. The predicted octanol–water partition coefficient (Wildman–Crippen LogP) is 4.06. The van der Waals surface area contributed by atoms with Crippen molar-refractivity contribution in [1.29, 1.82) is 0 Å². The fourth-order valence-electron chi connectivity index (χ4n) is 3.18. The Bertz CT molecular complexity index is 461. The lowest BCUT2D eigenvalue weighted by Gasteiger charge is -2.37. The van der Waals surface area contributed by atoms with Crippen molar-refractivity contribution < 1.29 is 4.74 Å². The molecule has 0 radical (unpaired) electrons. The van der Waals surface area contributed by atoms with E-state index in [1.54, 1.807) is 0 Å². The standard InChI is InChI=1S/C17H29N3O/c1-6-18-17-19-10-13(5)16(20-17)21-15-9-12(4)7-8-14(15)11(2)3/h10-12,14-15H,6-9H2,1-5H3,(H,18,19,20). The van der Waals surface area contributed by atoms with Gasteiger partial charge >= 0.3 is 0 Å². The van der Waals surface area contributed by atoms with Gasteiger partial charge in [-0.2, -0.15) is 4.98 Å². The zero-order valence-corrected chi connectivity index (χ0v) is 14.0. The molecular formula is C17H29N3O. The highest BCUT2D eigenvalue weighted by Gasteiger charge is 2.32. The van der Waals surface area contributed by atoms with Crippen molar-refractivity contribution >= 4 is 5.95 Å². The van der Waals surface area contributed by atoms with Crippen LogP contribution in [0.3, 0.4) is 0 Å². The molecule has 118 valence electrons. The number of anilines is 1. The summed E-state index contributed by atoms with van der Waals surface area (Å²) in [6.45, 7) is 11.8. The molecule has 1 aromatic rings. The summed E-state index contributed by atoms with van der Waals surface area (Å²) >= 11 is 0. The minimum absolute atomic E-state index is 0.275. The molecule has 21 heavy (non-hydrogen) atoms. The van der Waals surface area contributed by atoms with E-state index >= 15 is 0 Å². The van der Waals surface area contributed by atoms with Crippen LogP contribution in [0.15, 0.2) is 6.20 Å². The van der Waals surface area contributed by atoms with Crippen LogP contribution in [0.4, 0.5) is 5.95 Å². The van der Waals surface area contributed by atoms with Crippen LogP contribution in [0.5, 0.6) is 5.88 Å². The summed E-state index contributed by atoms with van der Waals surface area (Å²) in [7, 11) is 0. The lowest BCUT2D eigenvalue weighted by Crippen LogP contribution is -2.36. The Hall–Kier alpha value is -1.32. The molecule has 1 N–H and O–H groups in total. The van der Waals surface area contributed by atoms with Crippen LogP contribution in [-0.2, 0) is 0 Å². The van der Waals surface area contributed by atoms with Crippen LogP contribution in [0.2, 0.25) is 0 Å². The number of nitrogens with zero attached hydrogens (tertiary/aromatic N) is 2. The van der Waals surface area contributed by atoms with E-state index in [1.807, 2.05) is 20.0 Å². The number of hydrogen-bond acceptors (Lipinski definition) is 4. The first-order valence-corrected chi connectivity index (χ1v) is 8.25. The van der Waals surface area contributed by atoms with E-state index in [9.17, 15) is 0 Å². The smallest absolute Gasteiger partial charge is 0.225 e. The Morgan fingerprint density at radius 3 is 2.81 bits per heavy atom. The number of aromatic nitrogens is 2. The first-order valence-electron chi connectivity index (χ1n) is 8.25. The van der Waals surface area contributed by atoms with Gasteiger partial charge in [-0.3, -0.25) is 0 Å².